The monoisotopic (exact) mass is 252 g/mol. The smallest absolute Gasteiger partial charge is 0.237 e. The van der Waals surface area contributed by atoms with Gasteiger partial charge in [-0.25, -0.2) is 0 Å². The molecule has 0 radical (unpaired) electrons. The number of nitrogens with one attached hydrogen (secondary N) is 2. The van der Waals surface area contributed by atoms with Crippen molar-refractivity contribution in [2.24, 2.45) is 11.8 Å². The molecule has 3 nitrogen and oxygen atoms in total. The lowest BCUT2D eigenvalue weighted by molar-refractivity contribution is -0.124. The molecule has 0 spiro atoms. The summed E-state index contributed by atoms with van der Waals surface area (Å²) in [6.45, 7) is 4.04. The van der Waals surface area contributed by atoms with Crippen LogP contribution in [0.15, 0.2) is 0 Å². The van der Waals surface area contributed by atoms with Crippen molar-refractivity contribution < 1.29 is 4.79 Å². The summed E-state index contributed by atoms with van der Waals surface area (Å²) < 4.78 is 0. The van der Waals surface area contributed by atoms with E-state index in [1.807, 2.05) is 0 Å². The van der Waals surface area contributed by atoms with Crippen LogP contribution in [0.5, 0.6) is 0 Å². The lowest BCUT2D eigenvalue weighted by atomic mass is 9.87. The maximum atomic E-state index is 12.1. The molecule has 2 unspecified atom stereocenters. The van der Waals surface area contributed by atoms with Crippen LogP contribution < -0.4 is 10.6 Å². The normalized spacial score (nSPS) is 30.1. The molecule has 2 rings (SSSR count). The van der Waals surface area contributed by atoms with Crippen LogP contribution in [0, 0.1) is 11.8 Å². The molecule has 2 fully saturated rings. The summed E-state index contributed by atoms with van der Waals surface area (Å²) in [5.41, 5.74) is 0. The van der Waals surface area contributed by atoms with Crippen molar-refractivity contribution in [3.63, 3.8) is 0 Å². The molecular weight excluding hydrogens is 224 g/mol. The highest BCUT2D eigenvalue weighted by atomic mass is 16.2. The van der Waals surface area contributed by atoms with E-state index in [4.69, 9.17) is 0 Å². The van der Waals surface area contributed by atoms with E-state index in [0.29, 0.717) is 5.92 Å². The van der Waals surface area contributed by atoms with E-state index in [9.17, 15) is 4.79 Å². The summed E-state index contributed by atoms with van der Waals surface area (Å²) in [4.78, 5) is 12.1. The number of amides is 1. The van der Waals surface area contributed by atoms with Crippen LogP contribution in [-0.2, 0) is 4.79 Å². The molecule has 3 heteroatoms. The Labute approximate surface area is 111 Å². The van der Waals surface area contributed by atoms with E-state index in [1.54, 1.807) is 0 Å². The highest BCUT2D eigenvalue weighted by Gasteiger charge is 2.27. The molecule has 1 saturated heterocycles. The third-order valence-electron chi connectivity index (χ3n) is 4.63. The van der Waals surface area contributed by atoms with Gasteiger partial charge in [-0.1, -0.05) is 39.0 Å². The van der Waals surface area contributed by atoms with Gasteiger partial charge in [-0.3, -0.25) is 4.79 Å². The molecule has 2 atom stereocenters. The van der Waals surface area contributed by atoms with Crippen LogP contribution >= 0.6 is 0 Å². The summed E-state index contributed by atoms with van der Waals surface area (Å²) in [6, 6.07) is 0.0464. The first kappa shape index (κ1) is 13.9. The Balaban J connectivity index is 1.64. The molecule has 104 valence electrons. The fourth-order valence-corrected chi connectivity index (χ4v) is 3.39. The molecule has 18 heavy (non-hydrogen) atoms. The van der Waals surface area contributed by atoms with Gasteiger partial charge in [-0.15, -0.1) is 0 Å². The number of rotatable bonds is 4. The third-order valence-corrected chi connectivity index (χ3v) is 4.63. The maximum absolute atomic E-state index is 12.1. The molecule has 1 aliphatic carbocycles. The Morgan fingerprint density at radius 3 is 2.67 bits per heavy atom. The van der Waals surface area contributed by atoms with Crippen molar-refractivity contribution >= 4 is 5.91 Å². The van der Waals surface area contributed by atoms with Gasteiger partial charge >= 0.3 is 0 Å². The highest BCUT2D eigenvalue weighted by molar-refractivity contribution is 5.82. The van der Waals surface area contributed by atoms with Gasteiger partial charge in [0.2, 0.25) is 5.91 Å². The van der Waals surface area contributed by atoms with Crippen LogP contribution in [0.1, 0.15) is 58.3 Å². The average Bonchev–Trinajstić information content (AvgIpc) is 2.40. The molecule has 2 N–H and O–H groups in total. The second-order valence-corrected chi connectivity index (χ2v) is 6.14. The van der Waals surface area contributed by atoms with E-state index in [-0.39, 0.29) is 11.9 Å². The summed E-state index contributed by atoms with van der Waals surface area (Å²) in [5, 5.41) is 6.47. The van der Waals surface area contributed by atoms with Gasteiger partial charge in [0, 0.05) is 6.54 Å². The van der Waals surface area contributed by atoms with E-state index < -0.39 is 0 Å². The quantitative estimate of drug-likeness (QED) is 0.807. The second kappa shape index (κ2) is 7.13. The SMILES string of the molecule is CC1CCCNC1C(=O)NCCC1CCCCC1. The Bertz CT molecular complexity index is 261. The summed E-state index contributed by atoms with van der Waals surface area (Å²) in [7, 11) is 0. The zero-order chi connectivity index (χ0) is 12.8. The topological polar surface area (TPSA) is 41.1 Å². The molecule has 1 saturated carbocycles. The van der Waals surface area contributed by atoms with Gasteiger partial charge in [0.05, 0.1) is 6.04 Å². The van der Waals surface area contributed by atoms with Crippen molar-refractivity contribution in [1.29, 1.82) is 0 Å². The van der Waals surface area contributed by atoms with E-state index in [2.05, 4.69) is 17.6 Å². The van der Waals surface area contributed by atoms with Crippen molar-refractivity contribution in [3.8, 4) is 0 Å². The zero-order valence-electron chi connectivity index (χ0n) is 11.7. The lowest BCUT2D eigenvalue weighted by Crippen LogP contribution is -2.51. The van der Waals surface area contributed by atoms with Crippen molar-refractivity contribution in [2.75, 3.05) is 13.1 Å². The van der Waals surface area contributed by atoms with Gasteiger partial charge in [0.25, 0.3) is 0 Å². The zero-order valence-corrected chi connectivity index (χ0v) is 11.7. The molecule has 0 aromatic heterocycles. The van der Waals surface area contributed by atoms with Crippen molar-refractivity contribution in [1.82, 2.24) is 10.6 Å². The van der Waals surface area contributed by atoms with Gasteiger partial charge in [0.1, 0.15) is 0 Å². The van der Waals surface area contributed by atoms with Crippen LogP contribution in [-0.4, -0.2) is 25.0 Å². The first-order valence-electron chi connectivity index (χ1n) is 7.78. The molecule has 2 aliphatic rings. The Morgan fingerprint density at radius 2 is 1.94 bits per heavy atom. The first-order chi connectivity index (χ1) is 8.77. The minimum atomic E-state index is 0.0464. The van der Waals surface area contributed by atoms with E-state index >= 15 is 0 Å². The van der Waals surface area contributed by atoms with Crippen LogP contribution in [0.2, 0.25) is 0 Å². The summed E-state index contributed by atoms with van der Waals surface area (Å²) in [5.74, 6) is 1.56. The van der Waals surface area contributed by atoms with Crippen LogP contribution in [0.25, 0.3) is 0 Å². The Morgan fingerprint density at radius 1 is 1.17 bits per heavy atom. The predicted molar refractivity (Wildman–Crippen MR) is 74.4 cm³/mol. The van der Waals surface area contributed by atoms with Gasteiger partial charge in [-0.05, 0) is 37.6 Å². The number of hydrogen-bond acceptors (Lipinski definition) is 2. The number of carbonyl (C=O) groups is 1. The number of hydrogen-bond donors (Lipinski definition) is 2. The van der Waals surface area contributed by atoms with E-state index in [0.717, 1.165) is 19.0 Å². The third kappa shape index (κ3) is 3.98. The average molecular weight is 252 g/mol. The fourth-order valence-electron chi connectivity index (χ4n) is 3.39. The minimum absolute atomic E-state index is 0.0464. The largest absolute Gasteiger partial charge is 0.355 e. The van der Waals surface area contributed by atoms with E-state index in [1.165, 1.54) is 51.4 Å². The molecular formula is C15H28N2O. The molecule has 0 aromatic carbocycles. The van der Waals surface area contributed by atoms with Gasteiger partial charge in [0.15, 0.2) is 0 Å². The lowest BCUT2D eigenvalue weighted by Gasteiger charge is -2.29. The van der Waals surface area contributed by atoms with Crippen LogP contribution in [0.4, 0.5) is 0 Å². The molecule has 1 aliphatic heterocycles. The first-order valence-corrected chi connectivity index (χ1v) is 7.78. The van der Waals surface area contributed by atoms with Gasteiger partial charge < -0.3 is 10.6 Å². The minimum Gasteiger partial charge on any atom is -0.355 e. The Hall–Kier alpha value is -0.570. The second-order valence-electron chi connectivity index (χ2n) is 6.14. The predicted octanol–water partition coefficient (Wildman–Crippen LogP) is 2.46. The fraction of sp³-hybridized carbons (Fsp3) is 0.933. The van der Waals surface area contributed by atoms with Crippen LogP contribution in [0.3, 0.4) is 0 Å². The summed E-state index contributed by atoms with van der Waals surface area (Å²) in [6.07, 6.45) is 10.5. The molecule has 1 heterocycles. The Kier molecular flexibility index (Phi) is 5.48. The summed E-state index contributed by atoms with van der Waals surface area (Å²) >= 11 is 0. The van der Waals surface area contributed by atoms with Crippen molar-refractivity contribution in [2.45, 2.75) is 64.3 Å². The van der Waals surface area contributed by atoms with Crippen molar-refractivity contribution in [3.05, 3.63) is 0 Å². The van der Waals surface area contributed by atoms with Gasteiger partial charge in [-0.2, -0.15) is 0 Å². The standard InChI is InChI=1S/C15H28N2O/c1-12-6-5-10-16-14(12)15(18)17-11-9-13-7-3-2-4-8-13/h12-14,16H,2-11H2,1H3,(H,17,18). The maximum Gasteiger partial charge on any atom is 0.237 e. The number of carbonyl (C=O) groups excluding carboxylic acids is 1. The molecule has 0 aromatic rings. The number of piperidine rings is 1. The molecule has 0 bridgehead atoms. The highest BCUT2D eigenvalue weighted by Crippen LogP contribution is 2.25. The molecule has 1 amide bonds.